The van der Waals surface area contributed by atoms with Crippen LogP contribution in [0, 0.1) is 5.41 Å². The Morgan fingerprint density at radius 1 is 1.31 bits per heavy atom. The summed E-state index contributed by atoms with van der Waals surface area (Å²) in [5, 5.41) is 0.953. The van der Waals surface area contributed by atoms with Crippen molar-refractivity contribution in [2.24, 2.45) is 5.41 Å². The van der Waals surface area contributed by atoms with E-state index < -0.39 is 0 Å². The van der Waals surface area contributed by atoms with Crippen LogP contribution in [0.15, 0.2) is 30.3 Å². The van der Waals surface area contributed by atoms with Crippen molar-refractivity contribution in [3.05, 3.63) is 35.9 Å². The molecule has 16 heavy (non-hydrogen) atoms. The number of ether oxygens (including phenoxy) is 2. The molecule has 0 amide bonds. The van der Waals surface area contributed by atoms with Gasteiger partial charge in [0.15, 0.2) is 0 Å². The quantitative estimate of drug-likeness (QED) is 0.774. The molecule has 1 heterocycles. The highest BCUT2D eigenvalue weighted by Crippen LogP contribution is 2.31. The molecule has 3 heteroatoms. The van der Waals surface area contributed by atoms with E-state index in [-0.39, 0.29) is 5.41 Å². The van der Waals surface area contributed by atoms with E-state index in [0.717, 1.165) is 31.6 Å². The number of rotatable bonds is 5. The largest absolute Gasteiger partial charge is 0.381 e. The van der Waals surface area contributed by atoms with Crippen LogP contribution in [-0.4, -0.2) is 25.2 Å². The normalized spacial score (nSPS) is 24.8. The molecule has 0 aliphatic carbocycles. The molecule has 0 aromatic heterocycles. The molecule has 0 saturated carbocycles. The maximum absolute atomic E-state index is 5.79. The van der Waals surface area contributed by atoms with Crippen molar-refractivity contribution in [2.75, 3.05) is 25.2 Å². The van der Waals surface area contributed by atoms with Gasteiger partial charge in [-0.3, -0.25) is 0 Å². The van der Waals surface area contributed by atoms with E-state index in [9.17, 15) is 0 Å². The van der Waals surface area contributed by atoms with E-state index in [1.54, 1.807) is 0 Å². The van der Waals surface area contributed by atoms with Crippen molar-refractivity contribution in [1.82, 2.24) is 0 Å². The number of hydrogen-bond acceptors (Lipinski definition) is 2. The molecule has 1 fully saturated rings. The van der Waals surface area contributed by atoms with Crippen LogP contribution >= 0.6 is 15.9 Å². The lowest BCUT2D eigenvalue weighted by atomic mass is 9.91. The molecule has 1 aromatic rings. The molecule has 1 aliphatic heterocycles. The van der Waals surface area contributed by atoms with Gasteiger partial charge in [-0.1, -0.05) is 46.3 Å². The molecular weight excluding hydrogens is 268 g/mol. The lowest BCUT2D eigenvalue weighted by Crippen LogP contribution is -2.29. The fourth-order valence-corrected chi connectivity index (χ4v) is 2.47. The minimum Gasteiger partial charge on any atom is -0.381 e. The third-order valence-corrected chi connectivity index (χ3v) is 4.18. The van der Waals surface area contributed by atoms with Crippen LogP contribution in [0.1, 0.15) is 12.0 Å². The third-order valence-electron chi connectivity index (χ3n) is 2.99. The monoisotopic (exact) mass is 284 g/mol. The maximum Gasteiger partial charge on any atom is 0.0717 e. The molecule has 2 rings (SSSR count). The zero-order valence-electron chi connectivity index (χ0n) is 9.32. The third kappa shape index (κ3) is 3.06. The topological polar surface area (TPSA) is 18.5 Å². The second-order valence-electron chi connectivity index (χ2n) is 4.41. The van der Waals surface area contributed by atoms with Gasteiger partial charge in [0.25, 0.3) is 0 Å². The number of alkyl halides is 1. The summed E-state index contributed by atoms with van der Waals surface area (Å²) in [6, 6.07) is 10.3. The summed E-state index contributed by atoms with van der Waals surface area (Å²) in [5.74, 6) is 0. The van der Waals surface area contributed by atoms with E-state index in [1.165, 1.54) is 5.56 Å². The van der Waals surface area contributed by atoms with Gasteiger partial charge in [-0.15, -0.1) is 0 Å². The first-order chi connectivity index (χ1) is 7.85. The predicted octanol–water partition coefficient (Wildman–Crippen LogP) is 3.00. The van der Waals surface area contributed by atoms with Crippen LogP contribution in [0.25, 0.3) is 0 Å². The summed E-state index contributed by atoms with van der Waals surface area (Å²) in [7, 11) is 0. The second kappa shape index (κ2) is 5.80. The maximum atomic E-state index is 5.79. The number of hydrogen-bond donors (Lipinski definition) is 0. The Morgan fingerprint density at radius 2 is 2.12 bits per heavy atom. The Labute approximate surface area is 105 Å². The van der Waals surface area contributed by atoms with Gasteiger partial charge >= 0.3 is 0 Å². The summed E-state index contributed by atoms with van der Waals surface area (Å²) in [6.07, 6.45) is 1.09. The van der Waals surface area contributed by atoms with Gasteiger partial charge in [0.1, 0.15) is 0 Å². The van der Waals surface area contributed by atoms with Crippen LogP contribution in [0.2, 0.25) is 0 Å². The highest BCUT2D eigenvalue weighted by Gasteiger charge is 2.34. The van der Waals surface area contributed by atoms with E-state index in [0.29, 0.717) is 6.61 Å². The molecule has 0 spiro atoms. The van der Waals surface area contributed by atoms with Crippen LogP contribution in [0.4, 0.5) is 0 Å². The zero-order valence-corrected chi connectivity index (χ0v) is 10.9. The van der Waals surface area contributed by atoms with E-state index >= 15 is 0 Å². The summed E-state index contributed by atoms with van der Waals surface area (Å²) in [5.41, 5.74) is 1.42. The fraction of sp³-hybridized carbons (Fsp3) is 0.538. The molecule has 88 valence electrons. The Kier molecular flexibility index (Phi) is 4.38. The highest BCUT2D eigenvalue weighted by atomic mass is 79.9. The first-order valence-corrected chi connectivity index (χ1v) is 6.72. The van der Waals surface area contributed by atoms with Crippen molar-refractivity contribution < 1.29 is 9.47 Å². The first-order valence-electron chi connectivity index (χ1n) is 5.60. The summed E-state index contributed by atoms with van der Waals surface area (Å²) in [6.45, 7) is 3.13. The lowest BCUT2D eigenvalue weighted by Gasteiger charge is -2.24. The molecule has 0 bridgehead atoms. The van der Waals surface area contributed by atoms with Crippen molar-refractivity contribution in [3.63, 3.8) is 0 Å². The SMILES string of the molecule is BrCC1(COCc2ccccc2)CCOC1. The molecule has 0 N–H and O–H groups in total. The van der Waals surface area contributed by atoms with Crippen molar-refractivity contribution in [2.45, 2.75) is 13.0 Å². The minimum absolute atomic E-state index is 0.189. The van der Waals surface area contributed by atoms with Crippen molar-refractivity contribution >= 4 is 15.9 Å². The summed E-state index contributed by atoms with van der Waals surface area (Å²) >= 11 is 3.56. The first kappa shape index (κ1) is 12.1. The molecule has 1 unspecified atom stereocenters. The molecular formula is C13H17BrO2. The Balaban J connectivity index is 1.79. The predicted molar refractivity (Wildman–Crippen MR) is 67.8 cm³/mol. The second-order valence-corrected chi connectivity index (χ2v) is 4.98. The van der Waals surface area contributed by atoms with E-state index in [1.807, 2.05) is 18.2 Å². The van der Waals surface area contributed by atoms with E-state index in [2.05, 4.69) is 28.1 Å². The fourth-order valence-electron chi connectivity index (χ4n) is 1.87. The van der Waals surface area contributed by atoms with Gasteiger partial charge in [0, 0.05) is 17.4 Å². The molecule has 1 aliphatic rings. The Bertz CT molecular complexity index is 307. The van der Waals surface area contributed by atoms with Gasteiger partial charge in [-0.25, -0.2) is 0 Å². The number of halogens is 1. The average molecular weight is 285 g/mol. The molecule has 2 nitrogen and oxygen atoms in total. The summed E-state index contributed by atoms with van der Waals surface area (Å²) < 4.78 is 11.2. The van der Waals surface area contributed by atoms with E-state index in [4.69, 9.17) is 9.47 Å². The molecule has 1 atom stereocenters. The number of benzene rings is 1. The summed E-state index contributed by atoms with van der Waals surface area (Å²) in [4.78, 5) is 0. The van der Waals surface area contributed by atoms with Crippen LogP contribution in [0.5, 0.6) is 0 Å². The van der Waals surface area contributed by atoms with Crippen LogP contribution < -0.4 is 0 Å². The highest BCUT2D eigenvalue weighted by molar-refractivity contribution is 9.09. The standard InChI is InChI=1S/C13H17BrO2/c14-9-13(6-7-15-10-13)11-16-8-12-4-2-1-3-5-12/h1-5H,6-11H2. The van der Waals surface area contributed by atoms with Gasteiger partial charge in [-0.2, -0.15) is 0 Å². The Morgan fingerprint density at radius 3 is 2.75 bits per heavy atom. The average Bonchev–Trinajstić information content (AvgIpc) is 2.80. The molecule has 1 saturated heterocycles. The minimum atomic E-state index is 0.189. The van der Waals surface area contributed by atoms with Gasteiger partial charge in [-0.05, 0) is 12.0 Å². The molecule has 1 aromatic carbocycles. The van der Waals surface area contributed by atoms with Crippen LogP contribution in [0.3, 0.4) is 0 Å². The van der Waals surface area contributed by atoms with Gasteiger partial charge < -0.3 is 9.47 Å². The smallest absolute Gasteiger partial charge is 0.0717 e. The zero-order chi connectivity index (χ0) is 11.3. The van der Waals surface area contributed by atoms with Crippen molar-refractivity contribution in [1.29, 1.82) is 0 Å². The van der Waals surface area contributed by atoms with Crippen LogP contribution in [-0.2, 0) is 16.1 Å². The molecule has 0 radical (unpaired) electrons. The Hall–Kier alpha value is -0.380. The van der Waals surface area contributed by atoms with Crippen molar-refractivity contribution in [3.8, 4) is 0 Å². The lowest BCUT2D eigenvalue weighted by molar-refractivity contribution is 0.0376. The van der Waals surface area contributed by atoms with Gasteiger partial charge in [0.05, 0.1) is 19.8 Å². The van der Waals surface area contributed by atoms with Gasteiger partial charge in [0.2, 0.25) is 0 Å².